The van der Waals surface area contributed by atoms with Gasteiger partial charge in [-0.15, -0.1) is 0 Å². The number of likely N-dealkylation sites (N-methyl/N-ethyl adjacent to an activating group) is 1. The van der Waals surface area contributed by atoms with Crippen LogP contribution in [0.1, 0.15) is 24.5 Å². The summed E-state index contributed by atoms with van der Waals surface area (Å²) in [6.45, 7) is 0. The lowest BCUT2D eigenvalue weighted by Crippen LogP contribution is -2.33. The first kappa shape index (κ1) is 10.2. The minimum Gasteiger partial charge on any atom is -0.386 e. The first-order chi connectivity index (χ1) is 7.20. The van der Waals surface area contributed by atoms with Gasteiger partial charge in [-0.05, 0) is 12.0 Å². The molecule has 1 aromatic carbocycles. The van der Waals surface area contributed by atoms with Crippen LogP contribution >= 0.6 is 0 Å². The van der Waals surface area contributed by atoms with E-state index in [1.54, 1.807) is 11.9 Å². The van der Waals surface area contributed by atoms with Gasteiger partial charge >= 0.3 is 0 Å². The fourth-order valence-corrected chi connectivity index (χ4v) is 2.07. The van der Waals surface area contributed by atoms with Crippen molar-refractivity contribution in [2.75, 3.05) is 7.05 Å². The van der Waals surface area contributed by atoms with Crippen molar-refractivity contribution < 1.29 is 9.90 Å². The van der Waals surface area contributed by atoms with Gasteiger partial charge in [0.1, 0.15) is 0 Å². The maximum Gasteiger partial charge on any atom is 0.222 e. The Morgan fingerprint density at radius 2 is 2.07 bits per heavy atom. The lowest BCUT2D eigenvalue weighted by molar-refractivity contribution is -0.128. The standard InChI is InChI=1S/C12H15NO2/c1-13-10(7-8-11(13)14)12(15)9-5-3-2-4-6-9/h2-6,10,12,15H,7-8H2,1H3/t10-,12-/m1/s1. The van der Waals surface area contributed by atoms with Gasteiger partial charge < -0.3 is 10.0 Å². The van der Waals surface area contributed by atoms with Crippen LogP contribution in [0.2, 0.25) is 0 Å². The molecule has 0 unspecified atom stereocenters. The molecule has 1 N–H and O–H groups in total. The van der Waals surface area contributed by atoms with Gasteiger partial charge in [-0.3, -0.25) is 4.79 Å². The molecule has 1 amide bonds. The number of carbonyl (C=O) groups is 1. The first-order valence-electron chi connectivity index (χ1n) is 5.19. The number of benzene rings is 1. The highest BCUT2D eigenvalue weighted by Gasteiger charge is 2.33. The molecule has 80 valence electrons. The van der Waals surface area contributed by atoms with Crippen molar-refractivity contribution in [2.45, 2.75) is 25.0 Å². The van der Waals surface area contributed by atoms with Crippen LogP contribution in [0, 0.1) is 0 Å². The number of hydrogen-bond acceptors (Lipinski definition) is 2. The van der Waals surface area contributed by atoms with E-state index in [9.17, 15) is 9.90 Å². The van der Waals surface area contributed by atoms with Gasteiger partial charge in [0.15, 0.2) is 0 Å². The number of nitrogens with zero attached hydrogens (tertiary/aromatic N) is 1. The summed E-state index contributed by atoms with van der Waals surface area (Å²) in [6.07, 6.45) is 0.721. The third-order valence-corrected chi connectivity index (χ3v) is 3.05. The van der Waals surface area contributed by atoms with Crippen molar-refractivity contribution in [2.24, 2.45) is 0 Å². The summed E-state index contributed by atoms with van der Waals surface area (Å²) in [5, 5.41) is 10.1. The number of aliphatic hydroxyl groups is 1. The molecule has 2 rings (SSSR count). The van der Waals surface area contributed by atoms with Crippen LogP contribution in [0.5, 0.6) is 0 Å². The van der Waals surface area contributed by atoms with Crippen LogP contribution in [0.3, 0.4) is 0 Å². The highest BCUT2D eigenvalue weighted by molar-refractivity contribution is 5.78. The van der Waals surface area contributed by atoms with Crippen LogP contribution in [0.15, 0.2) is 30.3 Å². The summed E-state index contributed by atoms with van der Waals surface area (Å²) in [5.74, 6) is 0.120. The number of carbonyl (C=O) groups excluding carboxylic acids is 1. The summed E-state index contributed by atoms with van der Waals surface area (Å²) in [7, 11) is 1.76. The maximum absolute atomic E-state index is 11.3. The van der Waals surface area contributed by atoms with Crippen molar-refractivity contribution in [1.82, 2.24) is 4.90 Å². The van der Waals surface area contributed by atoms with Gasteiger partial charge in [-0.1, -0.05) is 30.3 Å². The second kappa shape index (κ2) is 4.03. The maximum atomic E-state index is 11.3. The summed E-state index contributed by atoms with van der Waals surface area (Å²) >= 11 is 0. The summed E-state index contributed by atoms with van der Waals surface area (Å²) in [4.78, 5) is 13.0. The number of likely N-dealkylation sites (tertiary alicyclic amines) is 1. The minimum absolute atomic E-state index is 0.0695. The molecule has 1 heterocycles. The number of rotatable bonds is 2. The Morgan fingerprint density at radius 1 is 1.40 bits per heavy atom. The smallest absolute Gasteiger partial charge is 0.222 e. The van der Waals surface area contributed by atoms with E-state index >= 15 is 0 Å². The average Bonchev–Trinajstić information content (AvgIpc) is 2.60. The Bertz CT molecular complexity index is 350. The molecule has 1 fully saturated rings. The predicted octanol–water partition coefficient (Wildman–Crippen LogP) is 1.34. The Kier molecular flexibility index (Phi) is 2.73. The highest BCUT2D eigenvalue weighted by Crippen LogP contribution is 2.28. The van der Waals surface area contributed by atoms with E-state index in [0.717, 1.165) is 12.0 Å². The molecule has 2 atom stereocenters. The lowest BCUT2D eigenvalue weighted by atomic mass is 10.0. The number of amides is 1. The molecular weight excluding hydrogens is 190 g/mol. The molecule has 0 aliphatic carbocycles. The second-order valence-electron chi connectivity index (χ2n) is 3.97. The molecule has 3 nitrogen and oxygen atoms in total. The van der Waals surface area contributed by atoms with Crippen molar-refractivity contribution in [3.63, 3.8) is 0 Å². The Labute approximate surface area is 89.3 Å². The van der Waals surface area contributed by atoms with Crippen molar-refractivity contribution >= 4 is 5.91 Å². The molecule has 0 bridgehead atoms. The van der Waals surface area contributed by atoms with Crippen LogP contribution in [-0.4, -0.2) is 29.0 Å². The monoisotopic (exact) mass is 205 g/mol. The quantitative estimate of drug-likeness (QED) is 0.791. The molecule has 1 saturated heterocycles. The SMILES string of the molecule is CN1C(=O)CC[C@@H]1[C@H](O)c1ccccc1. The molecule has 3 heteroatoms. The van der Waals surface area contributed by atoms with E-state index in [4.69, 9.17) is 0 Å². The topological polar surface area (TPSA) is 40.5 Å². The van der Waals surface area contributed by atoms with E-state index in [1.165, 1.54) is 0 Å². The zero-order chi connectivity index (χ0) is 10.8. The molecule has 1 aliphatic rings. The zero-order valence-electron chi connectivity index (χ0n) is 8.76. The van der Waals surface area contributed by atoms with Crippen molar-refractivity contribution in [3.8, 4) is 0 Å². The van der Waals surface area contributed by atoms with Crippen molar-refractivity contribution in [1.29, 1.82) is 0 Å². The Balaban J connectivity index is 2.15. The van der Waals surface area contributed by atoms with Gasteiger partial charge in [-0.2, -0.15) is 0 Å². The van der Waals surface area contributed by atoms with Gasteiger partial charge in [0.2, 0.25) is 5.91 Å². The van der Waals surface area contributed by atoms with Crippen LogP contribution < -0.4 is 0 Å². The molecule has 1 aliphatic heterocycles. The average molecular weight is 205 g/mol. The van der Waals surface area contributed by atoms with E-state index in [-0.39, 0.29) is 11.9 Å². The molecule has 15 heavy (non-hydrogen) atoms. The molecule has 0 spiro atoms. The summed E-state index contributed by atoms with van der Waals surface area (Å²) in [5.41, 5.74) is 0.879. The van der Waals surface area contributed by atoms with Crippen LogP contribution in [0.25, 0.3) is 0 Å². The van der Waals surface area contributed by atoms with E-state index < -0.39 is 6.10 Å². The number of aliphatic hydroxyl groups excluding tert-OH is 1. The Morgan fingerprint density at radius 3 is 2.60 bits per heavy atom. The third-order valence-electron chi connectivity index (χ3n) is 3.05. The zero-order valence-corrected chi connectivity index (χ0v) is 8.76. The Hall–Kier alpha value is -1.35. The van der Waals surface area contributed by atoms with Gasteiger partial charge in [-0.25, -0.2) is 0 Å². The van der Waals surface area contributed by atoms with Crippen LogP contribution in [0.4, 0.5) is 0 Å². The molecule has 0 saturated carbocycles. The highest BCUT2D eigenvalue weighted by atomic mass is 16.3. The fourth-order valence-electron chi connectivity index (χ4n) is 2.07. The van der Waals surface area contributed by atoms with Gasteiger partial charge in [0.25, 0.3) is 0 Å². The lowest BCUT2D eigenvalue weighted by Gasteiger charge is -2.25. The van der Waals surface area contributed by atoms with E-state index in [2.05, 4.69) is 0 Å². The first-order valence-corrected chi connectivity index (χ1v) is 5.19. The second-order valence-corrected chi connectivity index (χ2v) is 3.97. The summed E-state index contributed by atoms with van der Waals surface area (Å²) < 4.78 is 0. The van der Waals surface area contributed by atoms with E-state index in [1.807, 2.05) is 30.3 Å². The summed E-state index contributed by atoms with van der Waals surface area (Å²) in [6, 6.07) is 9.42. The molecule has 0 radical (unpaired) electrons. The fraction of sp³-hybridized carbons (Fsp3) is 0.417. The minimum atomic E-state index is -0.567. The molecule has 0 aromatic heterocycles. The normalized spacial score (nSPS) is 23.2. The van der Waals surface area contributed by atoms with Crippen molar-refractivity contribution in [3.05, 3.63) is 35.9 Å². The van der Waals surface area contributed by atoms with Gasteiger partial charge in [0.05, 0.1) is 12.1 Å². The van der Waals surface area contributed by atoms with E-state index in [0.29, 0.717) is 6.42 Å². The largest absolute Gasteiger partial charge is 0.386 e. The van der Waals surface area contributed by atoms with Crippen LogP contribution in [-0.2, 0) is 4.79 Å². The third kappa shape index (κ3) is 1.88. The molecular formula is C12H15NO2. The number of hydrogen-bond donors (Lipinski definition) is 1. The predicted molar refractivity (Wildman–Crippen MR) is 57.2 cm³/mol. The molecule has 1 aromatic rings. The van der Waals surface area contributed by atoms with Gasteiger partial charge in [0, 0.05) is 13.5 Å².